The van der Waals surface area contributed by atoms with Gasteiger partial charge in [-0.1, -0.05) is 133 Å². The maximum atomic E-state index is 4.77. The molecule has 3 heterocycles. The molecule has 0 bridgehead atoms. The van der Waals surface area contributed by atoms with E-state index in [1.807, 2.05) is 12.4 Å². The Morgan fingerprint density at radius 3 is 1.59 bits per heavy atom. The molecule has 3 aromatic heterocycles. The molecule has 0 aliphatic heterocycles. The van der Waals surface area contributed by atoms with Crippen molar-refractivity contribution in [3.8, 4) is 44.8 Å². The number of nitrogens with zero attached hydrogens (tertiary/aromatic N) is 3. The summed E-state index contributed by atoms with van der Waals surface area (Å²) in [7, 11) is 0. The Kier molecular flexibility index (Phi) is 6.86. The van der Waals surface area contributed by atoms with E-state index >= 15 is 0 Å². The second-order valence-electron chi connectivity index (χ2n) is 14.0. The Hall–Kier alpha value is -7.23. The number of hydrogen-bond acceptors (Lipinski definition) is 1. The van der Waals surface area contributed by atoms with Gasteiger partial charge in [0.2, 0.25) is 0 Å². The van der Waals surface area contributed by atoms with Gasteiger partial charge in [0.05, 0.1) is 22.1 Å². The summed E-state index contributed by atoms with van der Waals surface area (Å²) < 4.78 is 4.85. The topological polar surface area (TPSA) is 22.8 Å². The Balaban J connectivity index is 1.20. The van der Waals surface area contributed by atoms with E-state index in [4.69, 9.17) is 4.98 Å². The highest BCUT2D eigenvalue weighted by Gasteiger charge is 2.20. The van der Waals surface area contributed by atoms with Gasteiger partial charge in [0.15, 0.2) is 0 Å². The molecular weight excluding hydrogens is 655 g/mol. The zero-order valence-corrected chi connectivity index (χ0v) is 29.4. The summed E-state index contributed by atoms with van der Waals surface area (Å²) in [4.78, 5) is 4.77. The molecule has 11 aromatic rings. The van der Waals surface area contributed by atoms with Crippen molar-refractivity contribution in [2.24, 2.45) is 0 Å². The molecule has 0 unspecified atom stereocenters. The van der Waals surface area contributed by atoms with Crippen LogP contribution in [0.4, 0.5) is 0 Å². The molecule has 3 nitrogen and oxygen atoms in total. The van der Waals surface area contributed by atoms with Crippen molar-refractivity contribution in [2.45, 2.75) is 0 Å². The average Bonchev–Trinajstić information content (AvgIpc) is 3.76. The molecule has 0 spiro atoms. The summed E-state index contributed by atoms with van der Waals surface area (Å²) in [6.45, 7) is 0. The Labute approximate surface area is 312 Å². The number of benzene rings is 8. The Bertz CT molecular complexity index is 3130. The van der Waals surface area contributed by atoms with Crippen LogP contribution in [0.1, 0.15) is 0 Å². The predicted molar refractivity (Wildman–Crippen MR) is 227 cm³/mol. The first kappa shape index (κ1) is 30.4. The molecule has 0 fully saturated rings. The molecule has 0 aliphatic rings. The minimum absolute atomic E-state index is 1.11. The lowest BCUT2D eigenvalue weighted by Gasteiger charge is -2.17. The van der Waals surface area contributed by atoms with E-state index in [0.29, 0.717) is 0 Å². The molecule has 11 rings (SSSR count). The number of fused-ring (bicyclic) bond motifs is 8. The van der Waals surface area contributed by atoms with Crippen LogP contribution in [0.25, 0.3) is 99.1 Å². The molecule has 0 amide bonds. The maximum absolute atomic E-state index is 4.77. The zero-order chi connectivity index (χ0) is 35.6. The minimum Gasteiger partial charge on any atom is -0.309 e. The summed E-state index contributed by atoms with van der Waals surface area (Å²) in [5.41, 5.74) is 13.9. The minimum atomic E-state index is 1.11. The van der Waals surface area contributed by atoms with E-state index in [2.05, 4.69) is 197 Å². The third-order valence-electron chi connectivity index (χ3n) is 11.0. The monoisotopic (exact) mass is 687 g/mol. The summed E-state index contributed by atoms with van der Waals surface area (Å²) in [6, 6.07) is 68.0. The fourth-order valence-electron chi connectivity index (χ4n) is 8.63. The van der Waals surface area contributed by atoms with Crippen molar-refractivity contribution < 1.29 is 0 Å². The third kappa shape index (κ3) is 4.65. The SMILES string of the molecule is c1ccc(-c2cncc(-c3ccccc3)c2-c2cccc(-n3c4ccccc4c4cc5ccc6c(c5cc43)c3ccccc3n6-c3ccccc3)c2)cc1. The highest BCUT2D eigenvalue weighted by Crippen LogP contribution is 2.43. The van der Waals surface area contributed by atoms with Crippen LogP contribution in [0.5, 0.6) is 0 Å². The molecule has 0 saturated carbocycles. The molecule has 0 aliphatic carbocycles. The summed E-state index contributed by atoms with van der Waals surface area (Å²) in [5, 5.41) is 7.50. The van der Waals surface area contributed by atoms with E-state index < -0.39 is 0 Å². The van der Waals surface area contributed by atoms with Crippen LogP contribution in [0.15, 0.2) is 200 Å². The van der Waals surface area contributed by atoms with Gasteiger partial charge in [0.25, 0.3) is 0 Å². The van der Waals surface area contributed by atoms with Crippen LogP contribution in [0, 0.1) is 0 Å². The first-order chi connectivity index (χ1) is 26.8. The first-order valence-corrected chi connectivity index (χ1v) is 18.5. The molecule has 0 atom stereocenters. The number of rotatable bonds is 5. The fourth-order valence-corrected chi connectivity index (χ4v) is 8.63. The Morgan fingerprint density at radius 1 is 0.333 bits per heavy atom. The van der Waals surface area contributed by atoms with Crippen LogP contribution in [-0.2, 0) is 0 Å². The smallest absolute Gasteiger partial charge is 0.0547 e. The molecule has 0 radical (unpaired) electrons. The number of aromatic nitrogens is 3. The summed E-state index contributed by atoms with van der Waals surface area (Å²) in [5.74, 6) is 0. The van der Waals surface area contributed by atoms with Crippen molar-refractivity contribution in [2.75, 3.05) is 0 Å². The largest absolute Gasteiger partial charge is 0.309 e. The van der Waals surface area contributed by atoms with Crippen molar-refractivity contribution in [3.63, 3.8) is 0 Å². The number of hydrogen-bond donors (Lipinski definition) is 0. The van der Waals surface area contributed by atoms with Gasteiger partial charge in [-0.15, -0.1) is 0 Å². The van der Waals surface area contributed by atoms with Gasteiger partial charge in [-0.3, -0.25) is 4.98 Å². The van der Waals surface area contributed by atoms with E-state index in [1.54, 1.807) is 0 Å². The third-order valence-corrected chi connectivity index (χ3v) is 11.0. The van der Waals surface area contributed by atoms with Gasteiger partial charge >= 0.3 is 0 Å². The van der Waals surface area contributed by atoms with E-state index in [1.165, 1.54) is 59.9 Å². The van der Waals surface area contributed by atoms with Gasteiger partial charge in [-0.05, 0) is 82.1 Å². The van der Waals surface area contributed by atoms with Crippen LogP contribution in [-0.4, -0.2) is 14.1 Å². The molecule has 54 heavy (non-hydrogen) atoms. The van der Waals surface area contributed by atoms with E-state index in [-0.39, 0.29) is 0 Å². The maximum Gasteiger partial charge on any atom is 0.0547 e. The highest BCUT2D eigenvalue weighted by atomic mass is 15.0. The second-order valence-corrected chi connectivity index (χ2v) is 14.0. The van der Waals surface area contributed by atoms with Gasteiger partial charge in [-0.25, -0.2) is 0 Å². The summed E-state index contributed by atoms with van der Waals surface area (Å²) in [6.07, 6.45) is 4.01. The molecular formula is C51H33N3. The standard InChI is InChI=1S/C51H33N3/c1-4-15-34(16-5-1)44-32-52-33-45(35-17-6-2-7-18-35)50(44)37-19-14-22-39(29-37)54-46-25-12-10-23-40(46)43-30-36-27-28-48-51(42(36)31-49(43)54)41-24-11-13-26-47(41)53(48)38-20-8-3-9-21-38/h1-33H. The quantitative estimate of drug-likeness (QED) is 0.177. The van der Waals surface area contributed by atoms with Crippen molar-refractivity contribution in [1.29, 1.82) is 0 Å². The van der Waals surface area contributed by atoms with E-state index in [0.717, 1.165) is 39.2 Å². The van der Waals surface area contributed by atoms with Gasteiger partial charge in [0, 0.05) is 62.0 Å². The molecule has 8 aromatic carbocycles. The number of para-hydroxylation sites is 3. The van der Waals surface area contributed by atoms with Crippen molar-refractivity contribution in [1.82, 2.24) is 14.1 Å². The van der Waals surface area contributed by atoms with Crippen LogP contribution >= 0.6 is 0 Å². The fraction of sp³-hybridized carbons (Fsp3) is 0. The normalized spacial score (nSPS) is 11.7. The van der Waals surface area contributed by atoms with Crippen molar-refractivity contribution >= 4 is 54.4 Å². The Morgan fingerprint density at radius 2 is 0.889 bits per heavy atom. The molecule has 3 heteroatoms. The van der Waals surface area contributed by atoms with Gasteiger partial charge in [0.1, 0.15) is 0 Å². The first-order valence-electron chi connectivity index (χ1n) is 18.5. The second kappa shape index (κ2) is 12.2. The van der Waals surface area contributed by atoms with Gasteiger partial charge < -0.3 is 9.13 Å². The van der Waals surface area contributed by atoms with Crippen LogP contribution in [0.3, 0.4) is 0 Å². The lowest BCUT2D eigenvalue weighted by atomic mass is 9.89. The van der Waals surface area contributed by atoms with Gasteiger partial charge in [-0.2, -0.15) is 0 Å². The van der Waals surface area contributed by atoms with Crippen molar-refractivity contribution in [3.05, 3.63) is 200 Å². The summed E-state index contributed by atoms with van der Waals surface area (Å²) >= 11 is 0. The molecule has 0 saturated heterocycles. The lowest BCUT2D eigenvalue weighted by Crippen LogP contribution is -1.96. The average molecular weight is 688 g/mol. The molecule has 0 N–H and O–H groups in total. The van der Waals surface area contributed by atoms with Crippen LogP contribution in [0.2, 0.25) is 0 Å². The number of pyridine rings is 1. The lowest BCUT2D eigenvalue weighted by molar-refractivity contribution is 1.18. The predicted octanol–water partition coefficient (Wildman–Crippen LogP) is 13.4. The molecule has 252 valence electrons. The highest BCUT2D eigenvalue weighted by molar-refractivity contribution is 6.25. The van der Waals surface area contributed by atoms with Crippen LogP contribution < -0.4 is 0 Å². The van der Waals surface area contributed by atoms with E-state index in [9.17, 15) is 0 Å². The zero-order valence-electron chi connectivity index (χ0n) is 29.4.